The number of nitrogens with two attached hydrogens (primary N) is 2. The van der Waals surface area contributed by atoms with Gasteiger partial charge in [-0.3, -0.25) is 4.99 Å². The Morgan fingerprint density at radius 1 is 1.08 bits per heavy atom. The van der Waals surface area contributed by atoms with Crippen molar-refractivity contribution in [3.05, 3.63) is 35.4 Å². The Bertz CT molecular complexity index is 438. The normalized spacial score (nSPS) is 11.3. The minimum absolute atomic E-state index is 0.228. The van der Waals surface area contributed by atoms with Crippen LogP contribution < -0.4 is 16.8 Å². The van der Waals surface area contributed by atoms with E-state index in [0.717, 1.165) is 11.1 Å². The lowest BCUT2D eigenvalue weighted by atomic mass is 10.1. The lowest BCUT2D eigenvalue weighted by molar-refractivity contribution is -0.170. The first-order valence-corrected chi connectivity index (χ1v) is 8.17. The number of nitrogens with zero attached hydrogens (tertiary/aromatic N) is 1. The van der Waals surface area contributed by atoms with Crippen molar-refractivity contribution in [2.45, 2.75) is 47.3 Å². The second-order valence-corrected chi connectivity index (χ2v) is 4.62. The van der Waals surface area contributed by atoms with Gasteiger partial charge in [-0.1, -0.05) is 57.5 Å². The van der Waals surface area contributed by atoms with Crippen LogP contribution in [0.2, 0.25) is 0 Å². The summed E-state index contributed by atoms with van der Waals surface area (Å²) in [5.74, 6) is -1.94. The predicted octanol–water partition coefficient (Wildman–Crippen LogP) is 3.59. The zero-order valence-corrected chi connectivity index (χ0v) is 15.2. The minimum Gasteiger partial charge on any atom is -0.370 e. The summed E-state index contributed by atoms with van der Waals surface area (Å²) in [4.78, 5) is 3.44. The Morgan fingerprint density at radius 2 is 1.58 bits per heavy atom. The van der Waals surface area contributed by atoms with E-state index >= 15 is 0 Å². The van der Waals surface area contributed by atoms with Gasteiger partial charge in [-0.15, -0.1) is 0 Å². The van der Waals surface area contributed by atoms with Crippen molar-refractivity contribution in [1.29, 1.82) is 0 Å². The molecule has 1 unspecified atom stereocenters. The average Bonchev–Trinajstić information content (AvgIpc) is 2.55. The molecule has 0 radical (unpaired) electrons. The molecule has 0 saturated heterocycles. The van der Waals surface area contributed by atoms with Gasteiger partial charge in [0.2, 0.25) is 0 Å². The minimum atomic E-state index is -4.33. The quantitative estimate of drug-likeness (QED) is 0.543. The number of aliphatic imine (C=N–C) groups is 1. The van der Waals surface area contributed by atoms with Crippen LogP contribution in [-0.2, 0) is 6.54 Å². The molecule has 0 heterocycles. The zero-order valence-electron chi connectivity index (χ0n) is 15.2. The highest BCUT2D eigenvalue weighted by Gasteiger charge is 2.38. The number of guanidine groups is 1. The summed E-state index contributed by atoms with van der Waals surface area (Å²) in [6.07, 6.45) is -4.33. The molecule has 0 aliphatic carbocycles. The number of aryl methyl sites for hydroxylation is 1. The van der Waals surface area contributed by atoms with Gasteiger partial charge in [0.1, 0.15) is 0 Å². The molecule has 4 nitrogen and oxygen atoms in total. The molecule has 0 fully saturated rings. The molecule has 0 saturated carbocycles. The van der Waals surface area contributed by atoms with Gasteiger partial charge in [0.25, 0.3) is 0 Å². The summed E-state index contributed by atoms with van der Waals surface area (Å²) in [6.45, 7) is 9.63. The van der Waals surface area contributed by atoms with E-state index in [1.807, 2.05) is 58.9 Å². The third-order valence-corrected chi connectivity index (χ3v) is 2.80. The highest BCUT2D eigenvalue weighted by molar-refractivity contribution is 5.75. The molecule has 0 aliphatic rings. The van der Waals surface area contributed by atoms with Gasteiger partial charge < -0.3 is 16.8 Å². The maximum atomic E-state index is 12.8. The molecule has 24 heavy (non-hydrogen) atoms. The summed E-state index contributed by atoms with van der Waals surface area (Å²) in [7, 11) is 0. The van der Waals surface area contributed by atoms with Crippen molar-refractivity contribution in [3.63, 3.8) is 0 Å². The predicted molar refractivity (Wildman–Crippen MR) is 95.8 cm³/mol. The standard InChI is InChI=1S/C13H19F3N4.2C2H6/c1-9-2-4-10(5-3-9)6-19-7-11(13(14,15)16)8-20-12(17)18;2*1-2/h2-5,11,19H,6-8H2,1H3,(H4,17,18,20);2*1-2H3. The fourth-order valence-electron chi connectivity index (χ4n) is 1.60. The van der Waals surface area contributed by atoms with E-state index in [-0.39, 0.29) is 12.5 Å². The van der Waals surface area contributed by atoms with Gasteiger partial charge in [-0.25, -0.2) is 0 Å². The van der Waals surface area contributed by atoms with Crippen LogP contribution in [0.3, 0.4) is 0 Å². The fraction of sp³-hybridized carbons (Fsp3) is 0.588. The third-order valence-electron chi connectivity index (χ3n) is 2.80. The monoisotopic (exact) mass is 348 g/mol. The van der Waals surface area contributed by atoms with Crippen molar-refractivity contribution in [2.24, 2.45) is 22.4 Å². The van der Waals surface area contributed by atoms with Gasteiger partial charge >= 0.3 is 6.18 Å². The Kier molecular flexibility index (Phi) is 13.9. The molecular weight excluding hydrogens is 317 g/mol. The van der Waals surface area contributed by atoms with Crippen molar-refractivity contribution in [1.82, 2.24) is 5.32 Å². The molecule has 1 aromatic rings. The van der Waals surface area contributed by atoms with Crippen LogP contribution in [0.1, 0.15) is 38.8 Å². The number of hydrogen-bond donors (Lipinski definition) is 3. The zero-order chi connectivity index (χ0) is 19.2. The van der Waals surface area contributed by atoms with Gasteiger partial charge in [-0.05, 0) is 12.5 Å². The number of halogens is 3. The molecule has 140 valence electrons. The number of hydrogen-bond acceptors (Lipinski definition) is 2. The van der Waals surface area contributed by atoms with Crippen LogP contribution in [0.5, 0.6) is 0 Å². The second kappa shape index (κ2) is 13.7. The van der Waals surface area contributed by atoms with Gasteiger partial charge in [0.05, 0.1) is 12.5 Å². The maximum absolute atomic E-state index is 12.8. The van der Waals surface area contributed by atoms with Gasteiger partial charge in [-0.2, -0.15) is 13.2 Å². The van der Waals surface area contributed by atoms with Crippen molar-refractivity contribution in [3.8, 4) is 0 Å². The van der Waals surface area contributed by atoms with E-state index < -0.39 is 18.6 Å². The molecule has 0 spiro atoms. The molecule has 0 amide bonds. The first kappa shape index (κ1) is 24.5. The Balaban J connectivity index is 0. The summed E-state index contributed by atoms with van der Waals surface area (Å²) < 4.78 is 38.3. The lowest BCUT2D eigenvalue weighted by Crippen LogP contribution is -2.36. The Hall–Kier alpha value is -1.76. The van der Waals surface area contributed by atoms with Crippen molar-refractivity contribution < 1.29 is 13.2 Å². The Labute approximate surface area is 143 Å². The second-order valence-electron chi connectivity index (χ2n) is 4.62. The topological polar surface area (TPSA) is 76.4 Å². The van der Waals surface area contributed by atoms with E-state index in [4.69, 9.17) is 11.5 Å². The first-order valence-electron chi connectivity index (χ1n) is 8.17. The van der Waals surface area contributed by atoms with E-state index in [2.05, 4.69) is 10.3 Å². The molecule has 1 atom stereocenters. The lowest BCUT2D eigenvalue weighted by Gasteiger charge is -2.19. The first-order chi connectivity index (χ1) is 11.3. The molecule has 0 aliphatic heterocycles. The van der Waals surface area contributed by atoms with Crippen LogP contribution >= 0.6 is 0 Å². The van der Waals surface area contributed by atoms with E-state index in [9.17, 15) is 13.2 Å². The molecule has 1 aromatic carbocycles. The van der Waals surface area contributed by atoms with E-state index in [0.29, 0.717) is 6.54 Å². The van der Waals surface area contributed by atoms with Crippen LogP contribution in [0.4, 0.5) is 13.2 Å². The van der Waals surface area contributed by atoms with E-state index in [1.54, 1.807) is 0 Å². The van der Waals surface area contributed by atoms with Crippen molar-refractivity contribution >= 4 is 5.96 Å². The SMILES string of the molecule is CC.CC.Cc1ccc(CNCC(CN=C(N)N)C(F)(F)F)cc1. The molecule has 0 bridgehead atoms. The highest BCUT2D eigenvalue weighted by atomic mass is 19.4. The Morgan fingerprint density at radius 3 is 2.00 bits per heavy atom. The summed E-state index contributed by atoms with van der Waals surface area (Å²) in [5, 5.41) is 2.78. The number of alkyl halides is 3. The summed E-state index contributed by atoms with van der Waals surface area (Å²) >= 11 is 0. The van der Waals surface area contributed by atoms with Gasteiger partial charge in [0, 0.05) is 13.1 Å². The summed E-state index contributed by atoms with van der Waals surface area (Å²) in [6, 6.07) is 7.58. The average molecular weight is 348 g/mol. The smallest absolute Gasteiger partial charge is 0.370 e. The van der Waals surface area contributed by atoms with Gasteiger partial charge in [0.15, 0.2) is 5.96 Å². The fourth-order valence-corrected chi connectivity index (χ4v) is 1.60. The van der Waals surface area contributed by atoms with Crippen LogP contribution in [0, 0.1) is 12.8 Å². The van der Waals surface area contributed by atoms with Crippen LogP contribution in [-0.4, -0.2) is 25.2 Å². The maximum Gasteiger partial charge on any atom is 0.394 e. The molecule has 7 heteroatoms. The molecule has 0 aromatic heterocycles. The number of rotatable bonds is 6. The third kappa shape index (κ3) is 11.8. The van der Waals surface area contributed by atoms with Crippen molar-refractivity contribution in [2.75, 3.05) is 13.1 Å². The van der Waals surface area contributed by atoms with E-state index in [1.165, 1.54) is 0 Å². The number of benzene rings is 1. The largest absolute Gasteiger partial charge is 0.394 e. The number of nitrogens with one attached hydrogen (secondary N) is 1. The van der Waals surface area contributed by atoms with Crippen LogP contribution in [0.15, 0.2) is 29.3 Å². The summed E-state index contributed by atoms with van der Waals surface area (Å²) in [5.41, 5.74) is 12.2. The van der Waals surface area contributed by atoms with Crippen LogP contribution in [0.25, 0.3) is 0 Å². The molecule has 1 rings (SSSR count). The molecule has 5 N–H and O–H groups in total. The highest BCUT2D eigenvalue weighted by Crippen LogP contribution is 2.26. The molecular formula is C17H31F3N4.